The fourth-order valence-corrected chi connectivity index (χ4v) is 2.50. The van der Waals surface area contributed by atoms with E-state index in [0.29, 0.717) is 0 Å². The van der Waals surface area contributed by atoms with Crippen molar-refractivity contribution in [3.05, 3.63) is 62.7 Å². The largest absolute Gasteiger partial charge is 0.500 e. The molecule has 2 N–H and O–H groups in total. The van der Waals surface area contributed by atoms with E-state index in [2.05, 4.69) is 15.3 Å². The van der Waals surface area contributed by atoms with Crippen LogP contribution in [0.5, 0.6) is 11.5 Å². The number of hydrogen-bond donors (Lipinski definition) is 2. The standard InChI is InChI=1S/C16H12FN5O4S/c1-26-13-7-9(6-12(14(13)23)22(24)25)8-18-21-15(19-20-16(21)27)10-4-2-3-5-11(10)17/h2-8,23H,1H3,(H,20,27)/b18-8-. The van der Waals surface area contributed by atoms with Crippen LogP contribution in [0.2, 0.25) is 0 Å². The Kier molecular flexibility index (Phi) is 4.94. The minimum Gasteiger partial charge on any atom is -0.500 e. The van der Waals surface area contributed by atoms with Gasteiger partial charge < -0.3 is 9.84 Å². The van der Waals surface area contributed by atoms with Gasteiger partial charge in [0.2, 0.25) is 10.5 Å². The molecule has 9 nitrogen and oxygen atoms in total. The molecule has 3 rings (SSSR count). The number of halogens is 1. The van der Waals surface area contributed by atoms with Crippen LogP contribution in [0.1, 0.15) is 5.56 Å². The zero-order valence-electron chi connectivity index (χ0n) is 13.8. The minimum absolute atomic E-state index is 0.0873. The van der Waals surface area contributed by atoms with Crippen LogP contribution in [0, 0.1) is 20.7 Å². The van der Waals surface area contributed by atoms with Crippen LogP contribution in [-0.2, 0) is 0 Å². The maximum absolute atomic E-state index is 14.0. The van der Waals surface area contributed by atoms with Crippen molar-refractivity contribution in [2.75, 3.05) is 7.11 Å². The molecule has 0 bridgehead atoms. The summed E-state index contributed by atoms with van der Waals surface area (Å²) in [6.45, 7) is 0. The fraction of sp³-hybridized carbons (Fsp3) is 0.0625. The van der Waals surface area contributed by atoms with E-state index < -0.39 is 22.2 Å². The third-order valence-electron chi connectivity index (χ3n) is 3.58. The molecule has 1 aromatic heterocycles. The van der Waals surface area contributed by atoms with Crippen LogP contribution in [-0.4, -0.2) is 38.2 Å². The summed E-state index contributed by atoms with van der Waals surface area (Å²) in [6.07, 6.45) is 1.25. The number of H-pyrrole nitrogens is 1. The van der Waals surface area contributed by atoms with Gasteiger partial charge in [-0.05, 0) is 30.4 Å². The second-order valence-corrected chi connectivity index (χ2v) is 5.62. The molecule has 0 saturated carbocycles. The quantitative estimate of drug-likeness (QED) is 0.299. The highest BCUT2D eigenvalue weighted by atomic mass is 32.1. The third kappa shape index (κ3) is 3.53. The molecule has 2 aromatic carbocycles. The van der Waals surface area contributed by atoms with Gasteiger partial charge in [0.1, 0.15) is 5.82 Å². The van der Waals surface area contributed by atoms with E-state index in [1.807, 2.05) is 0 Å². The van der Waals surface area contributed by atoms with Gasteiger partial charge in [-0.1, -0.05) is 12.1 Å². The number of nitro groups is 1. The molecule has 0 fully saturated rings. The average Bonchev–Trinajstić information content (AvgIpc) is 3.01. The molecule has 0 aliphatic carbocycles. The molecular weight excluding hydrogens is 377 g/mol. The molecule has 1 heterocycles. The summed E-state index contributed by atoms with van der Waals surface area (Å²) < 4.78 is 20.3. The summed E-state index contributed by atoms with van der Waals surface area (Å²) in [6, 6.07) is 8.44. The second-order valence-electron chi connectivity index (χ2n) is 5.24. The average molecular weight is 389 g/mol. The number of aromatic amines is 1. The summed E-state index contributed by atoms with van der Waals surface area (Å²) in [7, 11) is 1.27. The number of hydrogen-bond acceptors (Lipinski definition) is 7. The Labute approximate surface area is 156 Å². The van der Waals surface area contributed by atoms with Crippen molar-refractivity contribution in [3.63, 3.8) is 0 Å². The van der Waals surface area contributed by atoms with Crippen molar-refractivity contribution in [2.45, 2.75) is 0 Å². The first-order valence-corrected chi connectivity index (χ1v) is 7.85. The molecule has 0 amide bonds. The van der Waals surface area contributed by atoms with Crippen LogP contribution < -0.4 is 4.74 Å². The normalized spacial score (nSPS) is 11.0. The van der Waals surface area contributed by atoms with Crippen molar-refractivity contribution < 1.29 is 19.2 Å². The highest BCUT2D eigenvalue weighted by Gasteiger charge is 2.19. The Morgan fingerprint density at radius 3 is 2.85 bits per heavy atom. The van der Waals surface area contributed by atoms with Gasteiger partial charge in [0, 0.05) is 11.6 Å². The lowest BCUT2D eigenvalue weighted by molar-refractivity contribution is -0.386. The molecular formula is C16H12FN5O4S. The topological polar surface area (TPSA) is 119 Å². The van der Waals surface area contributed by atoms with Gasteiger partial charge in [-0.25, -0.2) is 9.49 Å². The zero-order valence-corrected chi connectivity index (χ0v) is 14.6. The van der Waals surface area contributed by atoms with Gasteiger partial charge in [0.15, 0.2) is 11.6 Å². The lowest BCUT2D eigenvalue weighted by Crippen LogP contribution is -1.98. The number of benzene rings is 2. The van der Waals surface area contributed by atoms with Crippen LogP contribution in [0.25, 0.3) is 11.4 Å². The van der Waals surface area contributed by atoms with E-state index in [4.69, 9.17) is 17.0 Å². The molecule has 0 unspecified atom stereocenters. The maximum Gasteiger partial charge on any atom is 0.315 e. The van der Waals surface area contributed by atoms with Gasteiger partial charge in [-0.2, -0.15) is 14.9 Å². The van der Waals surface area contributed by atoms with E-state index in [9.17, 15) is 19.6 Å². The highest BCUT2D eigenvalue weighted by Crippen LogP contribution is 2.36. The van der Waals surface area contributed by atoms with Crippen LogP contribution in [0.3, 0.4) is 0 Å². The summed E-state index contributed by atoms with van der Waals surface area (Å²) in [5.41, 5.74) is -0.101. The molecule has 0 aliphatic heterocycles. The monoisotopic (exact) mass is 389 g/mol. The Bertz CT molecular complexity index is 1110. The Morgan fingerprint density at radius 1 is 1.44 bits per heavy atom. The number of aromatic nitrogens is 3. The summed E-state index contributed by atoms with van der Waals surface area (Å²) in [5.74, 6) is -1.05. The van der Waals surface area contributed by atoms with E-state index in [-0.39, 0.29) is 27.5 Å². The lowest BCUT2D eigenvalue weighted by atomic mass is 10.2. The first kappa shape index (κ1) is 18.2. The smallest absolute Gasteiger partial charge is 0.315 e. The number of nitrogens with zero attached hydrogens (tertiary/aromatic N) is 4. The third-order valence-corrected chi connectivity index (χ3v) is 3.85. The number of rotatable bonds is 5. The SMILES string of the molecule is COc1cc(/C=N\n2c(-c3ccccc3F)n[nH]c2=S)cc([N+](=O)[O-])c1O. The minimum atomic E-state index is -0.747. The molecule has 0 radical (unpaired) electrons. The van der Waals surface area contributed by atoms with Crippen LogP contribution >= 0.6 is 12.2 Å². The molecule has 0 saturated heterocycles. The molecule has 27 heavy (non-hydrogen) atoms. The Balaban J connectivity index is 2.07. The van der Waals surface area contributed by atoms with Crippen molar-refractivity contribution in [2.24, 2.45) is 5.10 Å². The number of methoxy groups -OCH3 is 1. The van der Waals surface area contributed by atoms with E-state index in [1.165, 1.54) is 42.3 Å². The summed E-state index contributed by atoms with van der Waals surface area (Å²) in [4.78, 5) is 10.3. The number of nitrogens with one attached hydrogen (secondary N) is 1. The van der Waals surface area contributed by atoms with Crippen molar-refractivity contribution in [1.29, 1.82) is 0 Å². The number of ether oxygens (including phenoxy) is 1. The summed E-state index contributed by atoms with van der Waals surface area (Å²) >= 11 is 5.10. The summed E-state index contributed by atoms with van der Waals surface area (Å²) in [5, 5.41) is 31.5. The molecule has 11 heteroatoms. The Morgan fingerprint density at radius 2 is 2.19 bits per heavy atom. The van der Waals surface area contributed by atoms with Crippen LogP contribution in [0.4, 0.5) is 10.1 Å². The molecule has 0 aliphatic rings. The first-order valence-electron chi connectivity index (χ1n) is 7.44. The number of aromatic hydroxyl groups is 1. The van der Waals surface area contributed by atoms with Crippen molar-refractivity contribution >= 4 is 24.1 Å². The molecule has 0 atom stereocenters. The maximum atomic E-state index is 14.0. The number of phenols is 1. The van der Waals surface area contributed by atoms with Crippen molar-refractivity contribution in [1.82, 2.24) is 14.9 Å². The van der Waals surface area contributed by atoms with Crippen molar-refractivity contribution in [3.8, 4) is 22.9 Å². The van der Waals surface area contributed by atoms with Gasteiger partial charge in [-0.3, -0.25) is 10.1 Å². The fourth-order valence-electron chi connectivity index (χ4n) is 2.32. The molecule has 0 spiro atoms. The number of nitro benzene ring substituents is 1. The Hall–Kier alpha value is -3.60. The molecule has 138 valence electrons. The van der Waals surface area contributed by atoms with E-state index >= 15 is 0 Å². The van der Waals surface area contributed by atoms with Gasteiger partial charge >= 0.3 is 5.69 Å². The van der Waals surface area contributed by atoms with Gasteiger partial charge in [0.25, 0.3) is 0 Å². The van der Waals surface area contributed by atoms with Gasteiger partial charge in [0.05, 0.1) is 23.8 Å². The number of phenolic OH excluding ortho intramolecular Hbond substituents is 1. The lowest BCUT2D eigenvalue weighted by Gasteiger charge is -2.05. The second kappa shape index (κ2) is 7.33. The first-order chi connectivity index (χ1) is 12.9. The highest BCUT2D eigenvalue weighted by molar-refractivity contribution is 7.71. The zero-order chi connectivity index (χ0) is 19.6. The molecule has 3 aromatic rings. The predicted molar refractivity (Wildman–Crippen MR) is 97.1 cm³/mol. The predicted octanol–water partition coefficient (Wildman–Crippen LogP) is 3.25. The van der Waals surface area contributed by atoms with E-state index in [1.54, 1.807) is 6.07 Å². The van der Waals surface area contributed by atoms with Gasteiger partial charge in [-0.15, -0.1) is 0 Å². The van der Waals surface area contributed by atoms with E-state index in [0.717, 1.165) is 6.07 Å². The van der Waals surface area contributed by atoms with Crippen LogP contribution in [0.15, 0.2) is 41.5 Å².